The van der Waals surface area contributed by atoms with E-state index in [4.69, 9.17) is 4.74 Å². The van der Waals surface area contributed by atoms with Gasteiger partial charge in [0.1, 0.15) is 18.2 Å². The van der Waals surface area contributed by atoms with Gasteiger partial charge in [0.2, 0.25) is 0 Å². The van der Waals surface area contributed by atoms with Gasteiger partial charge in [-0.15, -0.1) is 0 Å². The van der Waals surface area contributed by atoms with Crippen molar-refractivity contribution >= 4 is 18.7 Å². The number of carbonyl (C=O) groups excluding carboxylic acids is 3. The molecule has 27 heavy (non-hydrogen) atoms. The molecule has 0 aromatic rings. The molecule has 0 bridgehead atoms. The summed E-state index contributed by atoms with van der Waals surface area (Å²) in [5, 5.41) is 0. The fourth-order valence-corrected chi connectivity index (χ4v) is 5.43. The molecule has 0 aromatic carbocycles. The van der Waals surface area contributed by atoms with E-state index in [0.717, 1.165) is 70.5 Å². The van der Waals surface area contributed by atoms with Crippen LogP contribution in [0.4, 0.5) is 4.79 Å². The molecule has 1 heterocycles. The van der Waals surface area contributed by atoms with E-state index in [0.29, 0.717) is 17.8 Å². The molecule has 1 saturated heterocycles. The van der Waals surface area contributed by atoms with Gasteiger partial charge < -0.3 is 19.2 Å². The Bertz CT molecular complexity index is 539. The molecular weight excluding hydrogens is 342 g/mol. The van der Waals surface area contributed by atoms with Gasteiger partial charge in [-0.3, -0.25) is 0 Å². The highest BCUT2D eigenvalue weighted by Gasteiger charge is 2.51. The van der Waals surface area contributed by atoms with Gasteiger partial charge in [0.05, 0.1) is 0 Å². The number of aldehydes is 2. The molecule has 5 heteroatoms. The van der Waals surface area contributed by atoms with Crippen LogP contribution < -0.4 is 0 Å². The zero-order valence-electron chi connectivity index (χ0n) is 17.1. The maximum Gasteiger partial charge on any atom is 0.410 e. The highest BCUT2D eigenvalue weighted by Crippen LogP contribution is 2.47. The summed E-state index contributed by atoms with van der Waals surface area (Å²) in [7, 11) is 0. The first-order chi connectivity index (χ1) is 12.8. The van der Waals surface area contributed by atoms with Gasteiger partial charge in [-0.1, -0.05) is 0 Å². The second kappa shape index (κ2) is 8.32. The van der Waals surface area contributed by atoms with Gasteiger partial charge in [0.25, 0.3) is 0 Å². The second-order valence-electron chi connectivity index (χ2n) is 9.91. The van der Waals surface area contributed by atoms with Gasteiger partial charge in [-0.2, -0.15) is 0 Å². The largest absolute Gasteiger partial charge is 0.444 e. The van der Waals surface area contributed by atoms with Crippen LogP contribution in [0.1, 0.15) is 72.1 Å². The Hall–Kier alpha value is -1.39. The predicted octanol–water partition coefficient (Wildman–Crippen LogP) is 4.23. The van der Waals surface area contributed by atoms with Gasteiger partial charge in [0, 0.05) is 30.3 Å². The first-order valence-corrected chi connectivity index (χ1v) is 10.7. The van der Waals surface area contributed by atoms with E-state index in [1.54, 1.807) is 0 Å². The first kappa shape index (κ1) is 20.3. The summed E-state index contributed by atoms with van der Waals surface area (Å²) >= 11 is 0. The third kappa shape index (κ3) is 4.72. The normalized spacial score (nSPS) is 37.2. The summed E-state index contributed by atoms with van der Waals surface area (Å²) in [6.45, 7) is 6.51. The van der Waals surface area contributed by atoms with E-state index in [-0.39, 0.29) is 24.0 Å². The van der Waals surface area contributed by atoms with Crippen LogP contribution in [0.5, 0.6) is 0 Å². The van der Waals surface area contributed by atoms with Crippen LogP contribution in [0.2, 0.25) is 0 Å². The number of hydrogen-bond donors (Lipinski definition) is 0. The van der Waals surface area contributed by atoms with Crippen molar-refractivity contribution in [3.8, 4) is 0 Å². The van der Waals surface area contributed by atoms with E-state index in [9.17, 15) is 14.4 Å². The van der Waals surface area contributed by atoms with Crippen molar-refractivity contribution in [3.05, 3.63) is 0 Å². The molecule has 2 atom stereocenters. The molecular formula is C22H35NO4. The van der Waals surface area contributed by atoms with Crippen molar-refractivity contribution in [1.82, 2.24) is 4.90 Å². The number of carbonyl (C=O) groups is 3. The Morgan fingerprint density at radius 1 is 0.852 bits per heavy atom. The van der Waals surface area contributed by atoms with Crippen molar-refractivity contribution in [1.29, 1.82) is 0 Å². The molecule has 3 aliphatic rings. The molecule has 2 saturated carbocycles. The Balaban J connectivity index is 1.67. The predicted molar refractivity (Wildman–Crippen MR) is 103 cm³/mol. The number of likely N-dealkylation sites (tertiary alicyclic amines) is 1. The van der Waals surface area contributed by atoms with Gasteiger partial charge in [0.15, 0.2) is 0 Å². The van der Waals surface area contributed by atoms with E-state index < -0.39 is 5.60 Å². The maximum absolute atomic E-state index is 12.7. The SMILES string of the molecule is CC(C)(C)OC(=O)N1CC(C2CCC(C=O)CC2)C1C1CCC(C=O)CC1. The molecule has 2 unspecified atom stereocenters. The van der Waals surface area contributed by atoms with Gasteiger partial charge in [-0.25, -0.2) is 4.79 Å². The van der Waals surface area contributed by atoms with Crippen LogP contribution in [0.3, 0.4) is 0 Å². The lowest BCUT2D eigenvalue weighted by Gasteiger charge is -2.55. The fraction of sp³-hybridized carbons (Fsp3) is 0.864. The molecule has 3 fully saturated rings. The molecule has 3 rings (SSSR count). The Kier molecular flexibility index (Phi) is 6.27. The summed E-state index contributed by atoms with van der Waals surface area (Å²) < 4.78 is 5.66. The molecule has 0 N–H and O–H groups in total. The molecule has 0 spiro atoms. The van der Waals surface area contributed by atoms with Crippen LogP contribution in [-0.4, -0.2) is 41.8 Å². The quantitative estimate of drug-likeness (QED) is 0.688. The minimum Gasteiger partial charge on any atom is -0.444 e. The number of ether oxygens (including phenoxy) is 1. The summed E-state index contributed by atoms with van der Waals surface area (Å²) in [5.41, 5.74) is -0.482. The third-order valence-corrected chi connectivity index (χ3v) is 6.94. The summed E-state index contributed by atoms with van der Waals surface area (Å²) in [5.74, 6) is 2.01. The van der Waals surface area contributed by atoms with E-state index in [1.807, 2.05) is 25.7 Å². The number of rotatable bonds is 4. The van der Waals surface area contributed by atoms with Crippen molar-refractivity contribution in [2.45, 2.75) is 83.8 Å². The smallest absolute Gasteiger partial charge is 0.410 e. The average molecular weight is 378 g/mol. The Morgan fingerprint density at radius 3 is 1.78 bits per heavy atom. The minimum absolute atomic E-state index is 0.192. The Morgan fingerprint density at radius 2 is 1.33 bits per heavy atom. The first-order valence-electron chi connectivity index (χ1n) is 10.7. The zero-order valence-corrected chi connectivity index (χ0v) is 17.1. The zero-order chi connectivity index (χ0) is 19.6. The van der Waals surface area contributed by atoms with Gasteiger partial charge in [-0.05, 0) is 84.0 Å². The van der Waals surface area contributed by atoms with E-state index in [1.165, 1.54) is 0 Å². The third-order valence-electron chi connectivity index (χ3n) is 6.94. The number of nitrogens with zero attached hydrogens (tertiary/aromatic N) is 1. The standard InChI is InChI=1S/C22H35NO4/c1-22(2,3)27-21(26)23-12-19(17-8-4-15(13-24)5-9-17)20(23)18-10-6-16(14-25)7-11-18/h13-20H,4-12H2,1-3H3. The molecule has 0 aromatic heterocycles. The molecule has 5 nitrogen and oxygen atoms in total. The van der Waals surface area contributed by atoms with E-state index >= 15 is 0 Å². The fourth-order valence-electron chi connectivity index (χ4n) is 5.43. The molecule has 0 radical (unpaired) electrons. The van der Waals surface area contributed by atoms with Crippen molar-refractivity contribution in [3.63, 3.8) is 0 Å². The van der Waals surface area contributed by atoms with Crippen LogP contribution in [0.25, 0.3) is 0 Å². The summed E-state index contributed by atoms with van der Waals surface area (Å²) in [6, 6.07) is 0.241. The van der Waals surface area contributed by atoms with Crippen LogP contribution in [0, 0.1) is 29.6 Å². The highest BCUT2D eigenvalue weighted by atomic mass is 16.6. The summed E-state index contributed by atoms with van der Waals surface area (Å²) in [4.78, 5) is 36.9. The lowest BCUT2D eigenvalue weighted by Crippen LogP contribution is -2.64. The lowest BCUT2D eigenvalue weighted by atomic mass is 9.64. The highest BCUT2D eigenvalue weighted by molar-refractivity contribution is 5.70. The Labute approximate surface area is 163 Å². The van der Waals surface area contributed by atoms with Crippen molar-refractivity contribution < 1.29 is 19.1 Å². The van der Waals surface area contributed by atoms with Crippen LogP contribution >= 0.6 is 0 Å². The van der Waals surface area contributed by atoms with Crippen LogP contribution in [-0.2, 0) is 14.3 Å². The van der Waals surface area contributed by atoms with E-state index in [2.05, 4.69) is 0 Å². The number of amides is 1. The number of hydrogen-bond acceptors (Lipinski definition) is 4. The van der Waals surface area contributed by atoms with Crippen molar-refractivity contribution in [2.75, 3.05) is 6.54 Å². The molecule has 1 amide bonds. The summed E-state index contributed by atoms with van der Waals surface area (Å²) in [6.07, 6.45) is 10.1. The lowest BCUT2D eigenvalue weighted by molar-refractivity contribution is -0.115. The topological polar surface area (TPSA) is 63.7 Å². The van der Waals surface area contributed by atoms with Gasteiger partial charge >= 0.3 is 6.09 Å². The van der Waals surface area contributed by atoms with Crippen molar-refractivity contribution in [2.24, 2.45) is 29.6 Å². The molecule has 2 aliphatic carbocycles. The average Bonchev–Trinajstić information content (AvgIpc) is 2.60. The monoisotopic (exact) mass is 377 g/mol. The molecule has 1 aliphatic heterocycles. The van der Waals surface area contributed by atoms with Crippen LogP contribution in [0.15, 0.2) is 0 Å². The molecule has 152 valence electrons. The maximum atomic E-state index is 12.7. The minimum atomic E-state index is -0.482. The second-order valence-corrected chi connectivity index (χ2v) is 9.91.